The molecule has 94 valence electrons. The molecular formula is C14H17ClMgO2. The number of esters is 1. The Bertz CT molecular complexity index is 375. The average molecular weight is 277 g/mol. The molecule has 1 rings (SSSR count). The molecule has 0 unspecified atom stereocenters. The summed E-state index contributed by atoms with van der Waals surface area (Å²) in [6.45, 7) is 6.16. The summed E-state index contributed by atoms with van der Waals surface area (Å²) in [5.74, 6) is -0.109. The second-order valence-corrected chi connectivity index (χ2v) is 3.76. The summed E-state index contributed by atoms with van der Waals surface area (Å²) in [5.41, 5.74) is 1.38. The topological polar surface area (TPSA) is 26.3 Å². The van der Waals surface area contributed by atoms with Crippen LogP contribution in [0.1, 0.15) is 26.3 Å². The Morgan fingerprint density at radius 2 is 1.83 bits per heavy atom. The summed E-state index contributed by atoms with van der Waals surface area (Å²) >= 11 is 0. The van der Waals surface area contributed by atoms with E-state index in [1.165, 1.54) is 0 Å². The van der Waals surface area contributed by atoms with Gasteiger partial charge in [0.2, 0.25) is 5.97 Å². The molecular weight excluding hydrogens is 260 g/mol. The molecule has 0 fully saturated rings. The van der Waals surface area contributed by atoms with Crippen LogP contribution in [-0.2, 0) is 9.53 Å². The monoisotopic (exact) mass is 276 g/mol. The summed E-state index contributed by atoms with van der Waals surface area (Å²) < 4.78 is 5.02. The van der Waals surface area contributed by atoms with Gasteiger partial charge in [-0.2, -0.15) is 6.08 Å². The smallest absolute Gasteiger partial charge is 1.00 e. The number of hydrogen-bond donors (Lipinski definition) is 0. The molecule has 0 aromatic heterocycles. The van der Waals surface area contributed by atoms with Crippen molar-refractivity contribution in [1.82, 2.24) is 0 Å². The van der Waals surface area contributed by atoms with Gasteiger partial charge in [0.25, 0.3) is 0 Å². The van der Waals surface area contributed by atoms with Gasteiger partial charge in [0, 0.05) is 0 Å². The summed E-state index contributed by atoms with van der Waals surface area (Å²) in [6.07, 6.45) is 3.12. The van der Waals surface area contributed by atoms with E-state index in [-0.39, 0.29) is 47.3 Å². The van der Waals surface area contributed by atoms with Crippen molar-refractivity contribution in [1.29, 1.82) is 0 Å². The minimum absolute atomic E-state index is 0. The van der Waals surface area contributed by atoms with Gasteiger partial charge < -0.3 is 21.9 Å². The van der Waals surface area contributed by atoms with Crippen molar-refractivity contribution in [2.45, 2.75) is 20.8 Å². The number of carbonyl (C=O) groups excluding carboxylic acids is 1. The van der Waals surface area contributed by atoms with Crippen LogP contribution in [0.25, 0.3) is 5.57 Å². The van der Waals surface area contributed by atoms with Gasteiger partial charge in [0.05, 0.1) is 6.61 Å². The SMILES string of the molecule is CCOC(=O)C(=[C-]C(C)C)c1ccccc1.[Cl-].[Mg+2]. The number of halogens is 1. The Balaban J connectivity index is 0. The van der Waals surface area contributed by atoms with Crippen molar-refractivity contribution < 1.29 is 21.9 Å². The van der Waals surface area contributed by atoms with Gasteiger partial charge in [0.15, 0.2) is 0 Å². The standard InChI is InChI=1S/C14H17O2.ClH.Mg/c1-4-16-14(15)13(10-11(2)3)12-8-6-5-7-9-12;;/h5-9,11H,4H2,1-3H3;1H;/q-1;;+2/p-1. The van der Waals surface area contributed by atoms with E-state index in [0.29, 0.717) is 12.2 Å². The summed E-state index contributed by atoms with van der Waals surface area (Å²) in [7, 11) is 0. The Morgan fingerprint density at radius 1 is 1.28 bits per heavy atom. The minimum atomic E-state index is -0.303. The summed E-state index contributed by atoms with van der Waals surface area (Å²) in [5, 5.41) is 0. The molecule has 0 aliphatic heterocycles. The Morgan fingerprint density at radius 3 is 2.28 bits per heavy atom. The van der Waals surface area contributed by atoms with Crippen LogP contribution in [0.3, 0.4) is 0 Å². The van der Waals surface area contributed by atoms with E-state index < -0.39 is 0 Å². The van der Waals surface area contributed by atoms with Crippen LogP contribution in [0.5, 0.6) is 0 Å². The molecule has 0 spiro atoms. The molecule has 4 heteroatoms. The van der Waals surface area contributed by atoms with Gasteiger partial charge in [-0.05, 0) is 6.92 Å². The third kappa shape index (κ3) is 6.43. The van der Waals surface area contributed by atoms with Crippen molar-refractivity contribution in [2.75, 3.05) is 6.61 Å². The normalized spacial score (nSPS) is 10.3. The Labute approximate surface area is 131 Å². The molecule has 2 nitrogen and oxygen atoms in total. The molecule has 0 aliphatic rings. The van der Waals surface area contributed by atoms with E-state index in [4.69, 9.17) is 4.74 Å². The molecule has 18 heavy (non-hydrogen) atoms. The molecule has 1 aromatic carbocycles. The molecule has 0 saturated carbocycles. The third-order valence-corrected chi connectivity index (χ3v) is 1.98. The number of hydrogen-bond acceptors (Lipinski definition) is 2. The maximum atomic E-state index is 11.8. The fourth-order valence-electron chi connectivity index (χ4n) is 1.36. The van der Waals surface area contributed by atoms with E-state index in [9.17, 15) is 4.79 Å². The molecule has 0 amide bonds. The van der Waals surface area contributed by atoms with Gasteiger partial charge in [-0.1, -0.05) is 38.0 Å². The summed E-state index contributed by atoms with van der Waals surface area (Å²) in [6, 6.07) is 9.50. The maximum Gasteiger partial charge on any atom is 2.00 e. The summed E-state index contributed by atoms with van der Waals surface area (Å²) in [4.78, 5) is 11.8. The number of rotatable bonds is 4. The van der Waals surface area contributed by atoms with Crippen LogP contribution in [-0.4, -0.2) is 35.6 Å². The Kier molecular flexibility index (Phi) is 11.5. The molecule has 0 N–H and O–H groups in total. The second kappa shape index (κ2) is 10.4. The van der Waals surface area contributed by atoms with Gasteiger partial charge in [-0.25, -0.2) is 0 Å². The van der Waals surface area contributed by atoms with E-state index in [1.807, 2.05) is 44.2 Å². The van der Waals surface area contributed by atoms with Crippen molar-refractivity contribution in [3.63, 3.8) is 0 Å². The van der Waals surface area contributed by atoms with Crippen LogP contribution in [0.2, 0.25) is 0 Å². The fraction of sp³-hybridized carbons (Fsp3) is 0.357. The molecule has 0 bridgehead atoms. The number of ether oxygens (including phenoxy) is 1. The zero-order valence-corrected chi connectivity index (χ0v) is 13.2. The molecule has 1 aromatic rings. The maximum absolute atomic E-state index is 11.8. The first-order valence-corrected chi connectivity index (χ1v) is 5.51. The zero-order chi connectivity index (χ0) is 12.0. The van der Waals surface area contributed by atoms with Crippen LogP contribution in [0.15, 0.2) is 30.3 Å². The first-order valence-electron chi connectivity index (χ1n) is 5.51. The van der Waals surface area contributed by atoms with E-state index in [1.54, 1.807) is 6.92 Å². The molecule has 0 heterocycles. The van der Waals surface area contributed by atoms with Crippen molar-refractivity contribution in [3.8, 4) is 0 Å². The predicted molar refractivity (Wildman–Crippen MR) is 70.3 cm³/mol. The molecule has 0 aliphatic carbocycles. The first kappa shape index (κ1) is 19.8. The van der Waals surface area contributed by atoms with Gasteiger partial charge in [-0.15, -0.1) is 23.3 Å². The van der Waals surface area contributed by atoms with Crippen molar-refractivity contribution in [3.05, 3.63) is 42.0 Å². The average Bonchev–Trinajstić information content (AvgIpc) is 2.27. The van der Waals surface area contributed by atoms with Gasteiger partial charge in [-0.3, -0.25) is 0 Å². The second-order valence-electron chi connectivity index (χ2n) is 3.76. The van der Waals surface area contributed by atoms with E-state index in [0.717, 1.165) is 5.56 Å². The number of benzene rings is 1. The minimum Gasteiger partial charge on any atom is -1.00 e. The van der Waals surface area contributed by atoms with Gasteiger partial charge in [0.1, 0.15) is 0 Å². The number of carbonyl (C=O) groups is 1. The fourth-order valence-corrected chi connectivity index (χ4v) is 1.36. The largest absolute Gasteiger partial charge is 2.00 e. The van der Waals surface area contributed by atoms with E-state index in [2.05, 4.69) is 6.08 Å². The van der Waals surface area contributed by atoms with Crippen molar-refractivity contribution >= 4 is 34.6 Å². The predicted octanol–water partition coefficient (Wildman–Crippen LogP) is -0.285. The molecule has 0 saturated heterocycles. The van der Waals surface area contributed by atoms with Crippen LogP contribution in [0.4, 0.5) is 0 Å². The quantitative estimate of drug-likeness (QED) is 0.327. The van der Waals surface area contributed by atoms with Crippen LogP contribution >= 0.6 is 0 Å². The van der Waals surface area contributed by atoms with E-state index >= 15 is 0 Å². The third-order valence-electron chi connectivity index (χ3n) is 1.98. The molecule has 0 atom stereocenters. The molecule has 0 radical (unpaired) electrons. The van der Waals surface area contributed by atoms with Crippen LogP contribution < -0.4 is 12.4 Å². The zero-order valence-electron chi connectivity index (χ0n) is 11.1. The number of allylic oxidation sites excluding steroid dienone is 1. The van der Waals surface area contributed by atoms with Crippen LogP contribution in [0, 0.1) is 12.0 Å². The first-order chi connectivity index (χ1) is 7.65. The van der Waals surface area contributed by atoms with Gasteiger partial charge >= 0.3 is 23.1 Å². The Hall–Kier alpha value is -0.514. The van der Waals surface area contributed by atoms with Crippen molar-refractivity contribution in [2.24, 2.45) is 5.92 Å².